The molecule has 0 radical (unpaired) electrons. The van der Waals surface area contributed by atoms with Gasteiger partial charge in [0.25, 0.3) is 0 Å². The standard InChI is InChI=1S/C11H16N2O2/c1-7-8(14-2)6-9(11(12)4-5-11)13-10(7)15-3/h6H,4-5,12H2,1-3H3. The third kappa shape index (κ3) is 1.65. The maximum absolute atomic E-state index is 6.09. The van der Waals surface area contributed by atoms with E-state index in [4.69, 9.17) is 15.2 Å². The normalized spacial score (nSPS) is 17.3. The molecule has 0 bridgehead atoms. The summed E-state index contributed by atoms with van der Waals surface area (Å²) in [7, 11) is 3.25. The second-order valence-corrected chi connectivity index (χ2v) is 4.00. The van der Waals surface area contributed by atoms with Crippen LogP contribution in [-0.4, -0.2) is 19.2 Å². The minimum Gasteiger partial charge on any atom is -0.496 e. The van der Waals surface area contributed by atoms with Gasteiger partial charge in [0.15, 0.2) is 0 Å². The van der Waals surface area contributed by atoms with E-state index in [0.717, 1.165) is 29.8 Å². The fraction of sp³-hybridized carbons (Fsp3) is 0.545. The van der Waals surface area contributed by atoms with Gasteiger partial charge in [0.05, 0.1) is 31.0 Å². The number of rotatable bonds is 3. The van der Waals surface area contributed by atoms with Crippen LogP contribution < -0.4 is 15.2 Å². The fourth-order valence-electron chi connectivity index (χ4n) is 1.62. The Morgan fingerprint density at radius 2 is 2.00 bits per heavy atom. The zero-order valence-corrected chi connectivity index (χ0v) is 9.33. The van der Waals surface area contributed by atoms with E-state index in [2.05, 4.69) is 4.98 Å². The molecule has 1 heterocycles. The van der Waals surface area contributed by atoms with Gasteiger partial charge in [0.2, 0.25) is 5.88 Å². The molecule has 0 aliphatic heterocycles. The molecule has 0 spiro atoms. The molecule has 0 atom stereocenters. The first kappa shape index (κ1) is 10.2. The van der Waals surface area contributed by atoms with Gasteiger partial charge in [0, 0.05) is 6.07 Å². The lowest BCUT2D eigenvalue weighted by molar-refractivity contribution is 0.372. The Labute approximate surface area is 89.4 Å². The number of nitrogens with zero attached hydrogens (tertiary/aromatic N) is 1. The van der Waals surface area contributed by atoms with E-state index < -0.39 is 0 Å². The Morgan fingerprint density at radius 1 is 1.33 bits per heavy atom. The molecule has 0 unspecified atom stereocenters. The average molecular weight is 208 g/mol. The first-order valence-electron chi connectivity index (χ1n) is 5.00. The van der Waals surface area contributed by atoms with Crippen molar-refractivity contribution in [2.75, 3.05) is 14.2 Å². The predicted octanol–water partition coefficient (Wildman–Crippen LogP) is 1.36. The van der Waals surface area contributed by atoms with Gasteiger partial charge in [-0.05, 0) is 19.8 Å². The van der Waals surface area contributed by atoms with E-state index in [0.29, 0.717) is 5.88 Å². The third-order valence-electron chi connectivity index (χ3n) is 2.89. The molecular formula is C11H16N2O2. The molecule has 15 heavy (non-hydrogen) atoms. The SMILES string of the molecule is COc1cc(C2(N)CC2)nc(OC)c1C. The molecule has 2 rings (SSSR count). The summed E-state index contributed by atoms with van der Waals surface area (Å²) in [6, 6.07) is 1.91. The zero-order chi connectivity index (χ0) is 11.1. The lowest BCUT2D eigenvalue weighted by atomic mass is 10.1. The highest BCUT2D eigenvalue weighted by atomic mass is 16.5. The maximum Gasteiger partial charge on any atom is 0.220 e. The van der Waals surface area contributed by atoms with Gasteiger partial charge >= 0.3 is 0 Å². The van der Waals surface area contributed by atoms with Crippen LogP contribution in [-0.2, 0) is 5.54 Å². The zero-order valence-electron chi connectivity index (χ0n) is 9.33. The molecule has 4 nitrogen and oxygen atoms in total. The minimum atomic E-state index is -0.256. The highest BCUT2D eigenvalue weighted by molar-refractivity contribution is 5.43. The quantitative estimate of drug-likeness (QED) is 0.814. The molecule has 4 heteroatoms. The monoisotopic (exact) mass is 208 g/mol. The lowest BCUT2D eigenvalue weighted by Gasteiger charge is -2.14. The van der Waals surface area contributed by atoms with Crippen LogP contribution >= 0.6 is 0 Å². The fourth-order valence-corrected chi connectivity index (χ4v) is 1.62. The van der Waals surface area contributed by atoms with Crippen molar-refractivity contribution in [2.45, 2.75) is 25.3 Å². The highest BCUT2D eigenvalue weighted by Gasteiger charge is 2.42. The molecule has 82 valence electrons. The van der Waals surface area contributed by atoms with Crippen LogP contribution in [0.4, 0.5) is 0 Å². The lowest BCUT2D eigenvalue weighted by Crippen LogP contribution is -2.21. The summed E-state index contributed by atoms with van der Waals surface area (Å²) in [5, 5.41) is 0. The van der Waals surface area contributed by atoms with E-state index in [-0.39, 0.29) is 5.54 Å². The topological polar surface area (TPSA) is 57.4 Å². The first-order chi connectivity index (χ1) is 7.10. The minimum absolute atomic E-state index is 0.256. The Hall–Kier alpha value is -1.29. The molecule has 0 aromatic carbocycles. The summed E-state index contributed by atoms with van der Waals surface area (Å²) < 4.78 is 10.5. The molecule has 0 saturated heterocycles. The van der Waals surface area contributed by atoms with E-state index in [1.54, 1.807) is 14.2 Å². The first-order valence-corrected chi connectivity index (χ1v) is 5.00. The van der Waals surface area contributed by atoms with Crippen molar-refractivity contribution in [2.24, 2.45) is 5.73 Å². The summed E-state index contributed by atoms with van der Waals surface area (Å²) in [5.74, 6) is 1.38. The van der Waals surface area contributed by atoms with Gasteiger partial charge in [0.1, 0.15) is 5.75 Å². The molecule has 1 aliphatic carbocycles. The van der Waals surface area contributed by atoms with Crippen LogP contribution in [0.5, 0.6) is 11.6 Å². The second-order valence-electron chi connectivity index (χ2n) is 4.00. The van der Waals surface area contributed by atoms with Crippen LogP contribution in [0.2, 0.25) is 0 Å². The number of hydrogen-bond acceptors (Lipinski definition) is 4. The van der Waals surface area contributed by atoms with Crippen molar-refractivity contribution in [1.82, 2.24) is 4.98 Å². The predicted molar refractivity (Wildman–Crippen MR) is 57.2 cm³/mol. The smallest absolute Gasteiger partial charge is 0.220 e. The van der Waals surface area contributed by atoms with Gasteiger partial charge in [-0.25, -0.2) is 4.98 Å². The number of methoxy groups -OCH3 is 2. The summed E-state index contributed by atoms with van der Waals surface area (Å²) in [4.78, 5) is 4.41. The van der Waals surface area contributed by atoms with Crippen LogP contribution in [0, 0.1) is 6.92 Å². The van der Waals surface area contributed by atoms with Crippen LogP contribution in [0.3, 0.4) is 0 Å². The number of hydrogen-bond donors (Lipinski definition) is 1. The van der Waals surface area contributed by atoms with Crippen LogP contribution in [0.15, 0.2) is 6.07 Å². The van der Waals surface area contributed by atoms with Crippen molar-refractivity contribution < 1.29 is 9.47 Å². The molecular weight excluding hydrogens is 192 g/mol. The highest BCUT2D eigenvalue weighted by Crippen LogP contribution is 2.44. The Bertz CT molecular complexity index is 361. The van der Waals surface area contributed by atoms with Gasteiger partial charge in [-0.1, -0.05) is 0 Å². The van der Waals surface area contributed by atoms with Crippen molar-refractivity contribution in [3.05, 3.63) is 17.3 Å². The van der Waals surface area contributed by atoms with Crippen molar-refractivity contribution in [3.8, 4) is 11.6 Å². The molecule has 2 N–H and O–H groups in total. The number of nitrogens with two attached hydrogens (primary N) is 1. The van der Waals surface area contributed by atoms with Gasteiger partial charge < -0.3 is 15.2 Å². The number of ether oxygens (including phenoxy) is 2. The van der Waals surface area contributed by atoms with Crippen molar-refractivity contribution in [3.63, 3.8) is 0 Å². The molecule has 1 saturated carbocycles. The van der Waals surface area contributed by atoms with E-state index in [9.17, 15) is 0 Å². The number of aromatic nitrogens is 1. The summed E-state index contributed by atoms with van der Waals surface area (Å²) >= 11 is 0. The molecule has 1 fully saturated rings. The summed E-state index contributed by atoms with van der Waals surface area (Å²) in [5.41, 5.74) is 7.61. The molecule has 0 amide bonds. The third-order valence-corrected chi connectivity index (χ3v) is 2.89. The van der Waals surface area contributed by atoms with Gasteiger partial charge in [-0.2, -0.15) is 0 Å². The van der Waals surface area contributed by atoms with Gasteiger partial charge in [-0.15, -0.1) is 0 Å². The van der Waals surface area contributed by atoms with Gasteiger partial charge in [-0.3, -0.25) is 0 Å². The van der Waals surface area contributed by atoms with Crippen molar-refractivity contribution >= 4 is 0 Å². The Kier molecular flexibility index (Phi) is 2.31. The summed E-state index contributed by atoms with van der Waals surface area (Å²) in [6.07, 6.45) is 1.96. The summed E-state index contributed by atoms with van der Waals surface area (Å²) in [6.45, 7) is 1.92. The van der Waals surface area contributed by atoms with Crippen LogP contribution in [0.25, 0.3) is 0 Å². The Balaban J connectivity index is 2.49. The molecule has 1 aromatic heterocycles. The average Bonchev–Trinajstić information content (AvgIpc) is 2.98. The van der Waals surface area contributed by atoms with Crippen molar-refractivity contribution in [1.29, 1.82) is 0 Å². The second kappa shape index (κ2) is 3.38. The molecule has 1 aromatic rings. The largest absolute Gasteiger partial charge is 0.496 e. The van der Waals surface area contributed by atoms with E-state index in [1.165, 1.54) is 0 Å². The molecule has 1 aliphatic rings. The Morgan fingerprint density at radius 3 is 2.47 bits per heavy atom. The van der Waals surface area contributed by atoms with E-state index in [1.807, 2.05) is 13.0 Å². The number of pyridine rings is 1. The van der Waals surface area contributed by atoms with Crippen LogP contribution in [0.1, 0.15) is 24.1 Å². The van der Waals surface area contributed by atoms with E-state index >= 15 is 0 Å². The maximum atomic E-state index is 6.09.